The molecule has 2 rings (SSSR count). The van der Waals surface area contributed by atoms with Gasteiger partial charge in [0.05, 0.1) is 5.69 Å². The summed E-state index contributed by atoms with van der Waals surface area (Å²) in [6.07, 6.45) is 3.23. The highest BCUT2D eigenvalue weighted by molar-refractivity contribution is 5.92. The first-order chi connectivity index (χ1) is 8.11. The predicted octanol–water partition coefficient (Wildman–Crippen LogP) is 0.450. The number of hydrogen-bond acceptors (Lipinski definition) is 3. The molecular formula is C12H20N4O. The lowest BCUT2D eigenvalue weighted by Gasteiger charge is -2.11. The largest absolute Gasteiger partial charge is 0.349 e. The van der Waals surface area contributed by atoms with Gasteiger partial charge in [-0.1, -0.05) is 6.92 Å². The summed E-state index contributed by atoms with van der Waals surface area (Å²) in [6.45, 7) is 2.57. The van der Waals surface area contributed by atoms with Crippen molar-refractivity contribution in [2.45, 2.75) is 32.2 Å². The Kier molecular flexibility index (Phi) is 3.47. The van der Waals surface area contributed by atoms with E-state index in [2.05, 4.69) is 10.4 Å². The molecule has 5 nitrogen and oxygen atoms in total. The summed E-state index contributed by atoms with van der Waals surface area (Å²) in [5.41, 5.74) is 7.47. The van der Waals surface area contributed by atoms with Gasteiger partial charge >= 0.3 is 0 Å². The minimum absolute atomic E-state index is 0.0872. The Morgan fingerprint density at radius 3 is 2.94 bits per heavy atom. The summed E-state index contributed by atoms with van der Waals surface area (Å²) < 4.78 is 1.62. The molecule has 1 fully saturated rings. The molecule has 1 saturated carbocycles. The first-order valence-corrected chi connectivity index (χ1v) is 6.18. The molecule has 0 bridgehead atoms. The Labute approximate surface area is 101 Å². The van der Waals surface area contributed by atoms with Gasteiger partial charge in [0.1, 0.15) is 5.69 Å². The number of amides is 1. The van der Waals surface area contributed by atoms with Crippen molar-refractivity contribution < 1.29 is 4.79 Å². The van der Waals surface area contributed by atoms with Gasteiger partial charge in [-0.15, -0.1) is 0 Å². The summed E-state index contributed by atoms with van der Waals surface area (Å²) in [7, 11) is 1.79. The molecular weight excluding hydrogens is 216 g/mol. The van der Waals surface area contributed by atoms with Gasteiger partial charge < -0.3 is 11.1 Å². The van der Waals surface area contributed by atoms with E-state index >= 15 is 0 Å². The molecule has 0 aliphatic heterocycles. The molecule has 1 aliphatic rings. The van der Waals surface area contributed by atoms with Crippen LogP contribution in [0.3, 0.4) is 0 Å². The smallest absolute Gasteiger partial charge is 0.269 e. The van der Waals surface area contributed by atoms with E-state index in [1.807, 2.05) is 13.0 Å². The van der Waals surface area contributed by atoms with Crippen LogP contribution in [-0.2, 0) is 13.5 Å². The summed E-state index contributed by atoms with van der Waals surface area (Å²) >= 11 is 0. The van der Waals surface area contributed by atoms with Crippen molar-refractivity contribution in [1.82, 2.24) is 15.1 Å². The van der Waals surface area contributed by atoms with Crippen molar-refractivity contribution in [1.29, 1.82) is 0 Å². The van der Waals surface area contributed by atoms with Gasteiger partial charge in [-0.2, -0.15) is 5.10 Å². The predicted molar refractivity (Wildman–Crippen MR) is 65.6 cm³/mol. The van der Waals surface area contributed by atoms with Crippen molar-refractivity contribution in [3.8, 4) is 0 Å². The number of hydrogen-bond donors (Lipinski definition) is 2. The Morgan fingerprint density at radius 1 is 1.71 bits per heavy atom. The molecule has 0 aromatic carbocycles. The minimum atomic E-state index is -0.0872. The minimum Gasteiger partial charge on any atom is -0.349 e. The zero-order valence-corrected chi connectivity index (χ0v) is 10.4. The lowest BCUT2D eigenvalue weighted by molar-refractivity contribution is 0.0941. The maximum atomic E-state index is 11.9. The third-order valence-corrected chi connectivity index (χ3v) is 3.25. The van der Waals surface area contributed by atoms with Gasteiger partial charge in [0.2, 0.25) is 0 Å². The van der Waals surface area contributed by atoms with Crippen LogP contribution in [0.4, 0.5) is 0 Å². The number of nitrogens with one attached hydrogen (secondary N) is 1. The molecule has 94 valence electrons. The fourth-order valence-electron chi connectivity index (χ4n) is 1.90. The zero-order chi connectivity index (χ0) is 12.4. The molecule has 1 aromatic rings. The van der Waals surface area contributed by atoms with E-state index in [0.717, 1.165) is 12.1 Å². The lowest BCUT2D eigenvalue weighted by Crippen LogP contribution is -2.39. The molecule has 1 aliphatic carbocycles. The Hall–Kier alpha value is -1.36. The second-order valence-electron chi connectivity index (χ2n) is 4.71. The molecule has 5 heteroatoms. The van der Waals surface area contributed by atoms with Crippen molar-refractivity contribution in [2.24, 2.45) is 18.7 Å². The molecule has 0 radical (unpaired) electrons. The van der Waals surface area contributed by atoms with E-state index in [0.29, 0.717) is 18.2 Å². The SMILES string of the molecule is CCc1cc(C(=O)NCC(N)C2CC2)n(C)n1. The summed E-state index contributed by atoms with van der Waals surface area (Å²) in [5.74, 6) is 0.517. The zero-order valence-electron chi connectivity index (χ0n) is 10.4. The van der Waals surface area contributed by atoms with Crippen LogP contribution in [0.15, 0.2) is 6.07 Å². The van der Waals surface area contributed by atoms with E-state index in [4.69, 9.17) is 5.73 Å². The Morgan fingerprint density at radius 2 is 2.41 bits per heavy atom. The van der Waals surface area contributed by atoms with Crippen molar-refractivity contribution in [3.63, 3.8) is 0 Å². The maximum absolute atomic E-state index is 11.9. The maximum Gasteiger partial charge on any atom is 0.269 e. The van der Waals surface area contributed by atoms with Crippen LogP contribution >= 0.6 is 0 Å². The number of aromatic nitrogens is 2. The second-order valence-corrected chi connectivity index (χ2v) is 4.71. The van der Waals surface area contributed by atoms with Crippen LogP contribution in [0.1, 0.15) is 35.9 Å². The van der Waals surface area contributed by atoms with E-state index in [-0.39, 0.29) is 11.9 Å². The standard InChI is InChI=1S/C12H20N4O/c1-3-9-6-11(16(2)15-9)12(17)14-7-10(13)8-4-5-8/h6,8,10H,3-5,7,13H2,1-2H3,(H,14,17). The molecule has 1 amide bonds. The van der Waals surface area contributed by atoms with Crippen molar-refractivity contribution >= 4 is 5.91 Å². The van der Waals surface area contributed by atoms with Gasteiger partial charge in [-0.25, -0.2) is 0 Å². The first-order valence-electron chi connectivity index (χ1n) is 6.18. The highest BCUT2D eigenvalue weighted by Crippen LogP contribution is 2.31. The number of nitrogens with two attached hydrogens (primary N) is 1. The topological polar surface area (TPSA) is 72.9 Å². The molecule has 0 spiro atoms. The van der Waals surface area contributed by atoms with Crippen LogP contribution in [0.5, 0.6) is 0 Å². The molecule has 1 heterocycles. The van der Waals surface area contributed by atoms with Gasteiger partial charge in [0, 0.05) is 19.6 Å². The van der Waals surface area contributed by atoms with Crippen molar-refractivity contribution in [3.05, 3.63) is 17.5 Å². The van der Waals surface area contributed by atoms with Crippen LogP contribution in [0.2, 0.25) is 0 Å². The molecule has 17 heavy (non-hydrogen) atoms. The summed E-state index contributed by atoms with van der Waals surface area (Å²) in [4.78, 5) is 11.9. The Bertz CT molecular complexity index is 409. The summed E-state index contributed by atoms with van der Waals surface area (Å²) in [6, 6.07) is 1.93. The fourth-order valence-corrected chi connectivity index (χ4v) is 1.90. The number of nitrogens with zero attached hydrogens (tertiary/aromatic N) is 2. The van der Waals surface area contributed by atoms with Crippen LogP contribution in [-0.4, -0.2) is 28.3 Å². The molecule has 1 unspecified atom stereocenters. The van der Waals surface area contributed by atoms with Gasteiger partial charge in [-0.3, -0.25) is 9.48 Å². The average Bonchev–Trinajstić information content (AvgIpc) is 3.09. The van der Waals surface area contributed by atoms with Crippen LogP contribution < -0.4 is 11.1 Å². The fraction of sp³-hybridized carbons (Fsp3) is 0.667. The molecule has 0 saturated heterocycles. The average molecular weight is 236 g/mol. The third-order valence-electron chi connectivity index (χ3n) is 3.25. The van der Waals surface area contributed by atoms with Crippen molar-refractivity contribution in [2.75, 3.05) is 6.54 Å². The first kappa shape index (κ1) is 12.1. The highest BCUT2D eigenvalue weighted by atomic mass is 16.2. The van der Waals surface area contributed by atoms with Crippen LogP contribution in [0.25, 0.3) is 0 Å². The van der Waals surface area contributed by atoms with E-state index in [1.165, 1.54) is 12.8 Å². The van der Waals surface area contributed by atoms with E-state index < -0.39 is 0 Å². The van der Waals surface area contributed by atoms with Crippen LogP contribution in [0, 0.1) is 5.92 Å². The normalized spacial score (nSPS) is 16.9. The van der Waals surface area contributed by atoms with Gasteiger partial charge in [0.25, 0.3) is 5.91 Å². The lowest BCUT2D eigenvalue weighted by atomic mass is 10.2. The van der Waals surface area contributed by atoms with E-state index in [1.54, 1.807) is 11.7 Å². The molecule has 1 aromatic heterocycles. The molecule has 3 N–H and O–H groups in total. The van der Waals surface area contributed by atoms with E-state index in [9.17, 15) is 4.79 Å². The van der Waals surface area contributed by atoms with Gasteiger partial charge in [-0.05, 0) is 31.2 Å². The summed E-state index contributed by atoms with van der Waals surface area (Å²) in [5, 5.41) is 7.12. The number of rotatable bonds is 5. The third kappa shape index (κ3) is 2.85. The number of carbonyl (C=O) groups is 1. The Balaban J connectivity index is 1.91. The second kappa shape index (κ2) is 4.87. The number of aryl methyl sites for hydroxylation is 2. The highest BCUT2D eigenvalue weighted by Gasteiger charge is 2.28. The quantitative estimate of drug-likeness (QED) is 0.779. The van der Waals surface area contributed by atoms with Gasteiger partial charge in [0.15, 0.2) is 0 Å². The monoisotopic (exact) mass is 236 g/mol. The number of carbonyl (C=O) groups excluding carboxylic acids is 1. The molecule has 1 atom stereocenters.